The van der Waals surface area contributed by atoms with Crippen LogP contribution in [-0.4, -0.2) is 35.9 Å². The van der Waals surface area contributed by atoms with E-state index in [0.29, 0.717) is 23.6 Å². The first kappa shape index (κ1) is 19.5. The van der Waals surface area contributed by atoms with Crippen molar-refractivity contribution in [2.45, 2.75) is 18.9 Å². The minimum Gasteiger partial charge on any atom is -0.349 e. The Labute approximate surface area is 188 Å². The summed E-state index contributed by atoms with van der Waals surface area (Å²) >= 11 is 0. The highest BCUT2D eigenvalue weighted by atomic mass is 19.1. The second-order valence-corrected chi connectivity index (χ2v) is 8.02. The smallest absolute Gasteiger partial charge is 0.183 e. The summed E-state index contributed by atoms with van der Waals surface area (Å²) in [6.07, 6.45) is 12.3. The number of aromatic nitrogens is 6. The van der Waals surface area contributed by atoms with Crippen molar-refractivity contribution in [3.8, 4) is 16.8 Å². The van der Waals surface area contributed by atoms with Crippen LogP contribution in [0.3, 0.4) is 0 Å². The van der Waals surface area contributed by atoms with E-state index in [-0.39, 0.29) is 6.04 Å². The van der Waals surface area contributed by atoms with Crippen molar-refractivity contribution < 1.29 is 8.78 Å². The third-order valence-electron chi connectivity index (χ3n) is 6.02. The second-order valence-electron chi connectivity index (χ2n) is 8.02. The summed E-state index contributed by atoms with van der Waals surface area (Å²) in [6.45, 7) is 0.709. The van der Waals surface area contributed by atoms with Gasteiger partial charge in [0.2, 0.25) is 0 Å². The predicted molar refractivity (Wildman–Crippen MR) is 119 cm³/mol. The fourth-order valence-electron chi connectivity index (χ4n) is 4.44. The van der Waals surface area contributed by atoms with Crippen LogP contribution in [0.25, 0.3) is 22.5 Å². The van der Waals surface area contributed by atoms with E-state index in [0.717, 1.165) is 35.7 Å². The molecule has 0 aliphatic carbocycles. The molecule has 5 aromatic rings. The number of rotatable bonds is 4. The summed E-state index contributed by atoms with van der Waals surface area (Å²) < 4.78 is 31.7. The Morgan fingerprint density at radius 2 is 1.91 bits per heavy atom. The highest BCUT2D eigenvalue weighted by Gasteiger charge is 2.30. The van der Waals surface area contributed by atoms with Gasteiger partial charge >= 0.3 is 0 Å². The number of halogens is 2. The molecule has 0 radical (unpaired) electrons. The van der Waals surface area contributed by atoms with Crippen molar-refractivity contribution in [1.82, 2.24) is 29.4 Å². The molecule has 1 atom stereocenters. The molecule has 33 heavy (non-hydrogen) atoms. The summed E-state index contributed by atoms with van der Waals surface area (Å²) in [5.74, 6) is -0.156. The largest absolute Gasteiger partial charge is 0.349 e. The molecule has 1 aromatic carbocycles. The highest BCUT2D eigenvalue weighted by molar-refractivity contribution is 5.65. The summed E-state index contributed by atoms with van der Waals surface area (Å²) in [4.78, 5) is 11.0. The number of fused-ring (bicyclic) bond motifs is 1. The van der Waals surface area contributed by atoms with E-state index < -0.39 is 11.6 Å². The van der Waals surface area contributed by atoms with Crippen molar-refractivity contribution in [3.05, 3.63) is 90.8 Å². The molecule has 1 fully saturated rings. The van der Waals surface area contributed by atoms with Gasteiger partial charge in [-0.1, -0.05) is 6.07 Å². The van der Waals surface area contributed by atoms with Crippen LogP contribution in [0.15, 0.2) is 73.6 Å². The first-order chi connectivity index (χ1) is 16.2. The number of hydrogen-bond donors (Lipinski definition) is 0. The van der Waals surface area contributed by atoms with Gasteiger partial charge < -0.3 is 4.90 Å². The van der Waals surface area contributed by atoms with Crippen LogP contribution in [0.1, 0.15) is 24.4 Å². The molecule has 164 valence electrons. The fourth-order valence-corrected chi connectivity index (χ4v) is 4.44. The highest BCUT2D eigenvalue weighted by Crippen LogP contribution is 2.37. The van der Waals surface area contributed by atoms with Gasteiger partial charge in [0.15, 0.2) is 5.65 Å². The predicted octanol–water partition coefficient (Wildman–Crippen LogP) is 4.60. The Morgan fingerprint density at radius 1 is 0.970 bits per heavy atom. The van der Waals surface area contributed by atoms with Crippen LogP contribution >= 0.6 is 0 Å². The Kier molecular flexibility index (Phi) is 4.60. The molecule has 0 saturated carbocycles. The first-order valence-corrected chi connectivity index (χ1v) is 10.7. The van der Waals surface area contributed by atoms with Crippen LogP contribution in [0.5, 0.6) is 0 Å². The third kappa shape index (κ3) is 3.42. The number of pyridine rings is 1. The minimum absolute atomic E-state index is 0.274. The summed E-state index contributed by atoms with van der Waals surface area (Å²) in [5, 5.41) is 8.89. The molecule has 0 unspecified atom stereocenters. The van der Waals surface area contributed by atoms with Crippen LogP contribution < -0.4 is 4.90 Å². The minimum atomic E-state index is -0.442. The van der Waals surface area contributed by atoms with E-state index in [9.17, 15) is 8.78 Å². The van der Waals surface area contributed by atoms with Gasteiger partial charge in [-0.05, 0) is 43.2 Å². The maximum Gasteiger partial charge on any atom is 0.183 e. The monoisotopic (exact) mass is 443 g/mol. The summed E-state index contributed by atoms with van der Waals surface area (Å²) in [5.41, 5.74) is 3.60. The molecule has 1 saturated heterocycles. The molecule has 1 aliphatic heterocycles. The number of hydrogen-bond acceptors (Lipinski definition) is 5. The molecular weight excluding hydrogens is 424 g/mol. The van der Waals surface area contributed by atoms with E-state index in [2.05, 4.69) is 15.2 Å². The fraction of sp³-hybridized carbons (Fsp3) is 0.167. The quantitative estimate of drug-likeness (QED) is 0.406. The van der Waals surface area contributed by atoms with Crippen LogP contribution in [-0.2, 0) is 0 Å². The van der Waals surface area contributed by atoms with E-state index in [1.807, 2.05) is 35.5 Å². The molecule has 0 amide bonds. The second kappa shape index (κ2) is 7.77. The normalized spacial score (nSPS) is 16.1. The zero-order valence-corrected chi connectivity index (χ0v) is 17.5. The molecule has 6 rings (SSSR count). The maximum atomic E-state index is 14.5. The molecule has 7 nitrogen and oxygen atoms in total. The maximum absolute atomic E-state index is 14.5. The Bertz CT molecular complexity index is 1440. The molecule has 0 spiro atoms. The van der Waals surface area contributed by atoms with Crippen LogP contribution in [0.4, 0.5) is 14.6 Å². The van der Waals surface area contributed by atoms with Crippen LogP contribution in [0, 0.1) is 11.6 Å². The van der Waals surface area contributed by atoms with Gasteiger partial charge in [-0.3, -0.25) is 4.98 Å². The molecule has 9 heteroatoms. The molecule has 0 N–H and O–H groups in total. The lowest BCUT2D eigenvalue weighted by Crippen LogP contribution is -2.24. The average molecular weight is 443 g/mol. The van der Waals surface area contributed by atoms with Gasteiger partial charge in [0.05, 0.1) is 18.4 Å². The van der Waals surface area contributed by atoms with E-state index in [1.54, 1.807) is 34.0 Å². The lowest BCUT2D eigenvalue weighted by Gasteiger charge is -2.26. The van der Waals surface area contributed by atoms with Gasteiger partial charge in [-0.2, -0.15) is 10.2 Å². The lowest BCUT2D eigenvalue weighted by molar-refractivity contribution is 0.560. The third-order valence-corrected chi connectivity index (χ3v) is 6.02. The molecule has 0 bridgehead atoms. The lowest BCUT2D eigenvalue weighted by atomic mass is 10.0. The van der Waals surface area contributed by atoms with E-state index in [1.165, 1.54) is 12.1 Å². The van der Waals surface area contributed by atoms with Crippen molar-refractivity contribution in [2.24, 2.45) is 0 Å². The molecule has 1 aliphatic rings. The van der Waals surface area contributed by atoms with E-state index >= 15 is 0 Å². The molecule has 4 aromatic heterocycles. The van der Waals surface area contributed by atoms with Crippen molar-refractivity contribution in [3.63, 3.8) is 0 Å². The van der Waals surface area contributed by atoms with Gasteiger partial charge in [-0.15, -0.1) is 0 Å². The van der Waals surface area contributed by atoms with Gasteiger partial charge in [0.25, 0.3) is 0 Å². The zero-order chi connectivity index (χ0) is 22.4. The Morgan fingerprint density at radius 3 is 2.79 bits per heavy atom. The zero-order valence-electron chi connectivity index (χ0n) is 17.5. The molecular formula is C24H19F2N7. The Hall–Kier alpha value is -4.14. The number of anilines is 1. The SMILES string of the molecule is Fc1ccc(F)c([C@@H]2CCCN2c2ccn3ncc(-n4cc(-c5cccnc5)cn4)c3n2)c1. The number of benzene rings is 1. The summed E-state index contributed by atoms with van der Waals surface area (Å²) in [7, 11) is 0. The standard InChI is InChI=1S/C24H19F2N7/c25-18-5-6-20(26)19(11-18)21-4-2-9-31(21)23-7-10-32-24(30-23)22(14-29-32)33-15-17(13-28-33)16-3-1-8-27-12-16/h1,3,5-8,10-15,21H,2,4,9H2/t21-/m0/s1. The first-order valence-electron chi connectivity index (χ1n) is 10.7. The summed E-state index contributed by atoms with van der Waals surface area (Å²) in [6, 6.07) is 9.04. The molecule has 5 heterocycles. The van der Waals surface area contributed by atoms with Gasteiger partial charge in [-0.25, -0.2) is 23.0 Å². The van der Waals surface area contributed by atoms with Gasteiger partial charge in [0, 0.05) is 48.0 Å². The van der Waals surface area contributed by atoms with Crippen molar-refractivity contribution in [1.29, 1.82) is 0 Å². The Balaban J connectivity index is 1.38. The van der Waals surface area contributed by atoms with Crippen molar-refractivity contribution in [2.75, 3.05) is 11.4 Å². The van der Waals surface area contributed by atoms with Gasteiger partial charge in [0.1, 0.15) is 23.1 Å². The van der Waals surface area contributed by atoms with Crippen LogP contribution in [0.2, 0.25) is 0 Å². The van der Waals surface area contributed by atoms with Crippen molar-refractivity contribution >= 4 is 11.5 Å². The number of nitrogens with zero attached hydrogens (tertiary/aromatic N) is 7. The average Bonchev–Trinajstić information content (AvgIpc) is 3.60. The topological polar surface area (TPSA) is 64.1 Å². The van der Waals surface area contributed by atoms with E-state index in [4.69, 9.17) is 4.98 Å².